The maximum absolute atomic E-state index is 13.1. The van der Waals surface area contributed by atoms with Gasteiger partial charge in [-0.1, -0.05) is 31.4 Å². The van der Waals surface area contributed by atoms with Crippen LogP contribution in [0.2, 0.25) is 0 Å². The fourth-order valence-electron chi connectivity index (χ4n) is 3.55. The average molecular weight is 347 g/mol. The quantitative estimate of drug-likeness (QED) is 0.797. The van der Waals surface area contributed by atoms with E-state index in [1.165, 1.54) is 12.1 Å². The highest BCUT2D eigenvalue weighted by Crippen LogP contribution is 2.33. The van der Waals surface area contributed by atoms with E-state index in [-0.39, 0.29) is 18.3 Å². The van der Waals surface area contributed by atoms with Crippen LogP contribution >= 0.6 is 0 Å². The number of amides is 4. The SMILES string of the molecule is O=C(CN1C(=O)NC2(CCCCC2)C1=O)NCCc1cccc(F)c1. The smallest absolute Gasteiger partial charge is 0.325 e. The summed E-state index contributed by atoms with van der Waals surface area (Å²) in [6.45, 7) is 0.0344. The van der Waals surface area contributed by atoms with Gasteiger partial charge < -0.3 is 10.6 Å². The van der Waals surface area contributed by atoms with Gasteiger partial charge in [0.15, 0.2) is 0 Å². The molecule has 1 heterocycles. The third-order valence-corrected chi connectivity index (χ3v) is 4.88. The molecule has 1 aliphatic heterocycles. The van der Waals surface area contributed by atoms with Crippen LogP contribution in [0, 0.1) is 5.82 Å². The lowest BCUT2D eigenvalue weighted by Gasteiger charge is -2.30. The van der Waals surface area contributed by atoms with E-state index in [1.54, 1.807) is 12.1 Å². The van der Waals surface area contributed by atoms with Gasteiger partial charge in [-0.3, -0.25) is 14.5 Å². The molecule has 134 valence electrons. The zero-order valence-electron chi connectivity index (χ0n) is 14.0. The lowest BCUT2D eigenvalue weighted by molar-refractivity contribution is -0.135. The van der Waals surface area contributed by atoms with E-state index in [1.807, 2.05) is 0 Å². The fourth-order valence-corrected chi connectivity index (χ4v) is 3.55. The van der Waals surface area contributed by atoms with Crippen LogP contribution in [0.5, 0.6) is 0 Å². The molecule has 0 aromatic heterocycles. The van der Waals surface area contributed by atoms with Crippen molar-refractivity contribution in [2.24, 2.45) is 0 Å². The van der Waals surface area contributed by atoms with Crippen molar-refractivity contribution in [2.75, 3.05) is 13.1 Å². The molecule has 0 radical (unpaired) electrons. The Bertz CT molecular complexity index is 686. The summed E-state index contributed by atoms with van der Waals surface area (Å²) in [4.78, 5) is 37.7. The standard InChI is InChI=1S/C18H22FN3O3/c19-14-6-4-5-13(11-14)7-10-20-15(23)12-22-16(24)18(21-17(22)25)8-2-1-3-9-18/h4-6,11H,1-3,7-10,12H2,(H,20,23)(H,21,25). The van der Waals surface area contributed by atoms with Crippen LogP contribution in [-0.2, 0) is 16.0 Å². The predicted molar refractivity (Wildman–Crippen MR) is 89.2 cm³/mol. The van der Waals surface area contributed by atoms with Crippen molar-refractivity contribution in [2.45, 2.75) is 44.1 Å². The van der Waals surface area contributed by atoms with Crippen molar-refractivity contribution in [3.05, 3.63) is 35.6 Å². The van der Waals surface area contributed by atoms with E-state index in [0.29, 0.717) is 25.8 Å². The molecule has 0 atom stereocenters. The first-order chi connectivity index (χ1) is 12.0. The van der Waals surface area contributed by atoms with Gasteiger partial charge in [-0.15, -0.1) is 0 Å². The number of nitrogens with zero attached hydrogens (tertiary/aromatic N) is 1. The molecule has 1 aromatic rings. The number of imide groups is 1. The molecule has 1 spiro atoms. The molecule has 2 N–H and O–H groups in total. The molecule has 1 saturated carbocycles. The number of halogens is 1. The van der Waals surface area contributed by atoms with Crippen molar-refractivity contribution in [3.8, 4) is 0 Å². The predicted octanol–water partition coefficient (Wildman–Crippen LogP) is 1.74. The highest BCUT2D eigenvalue weighted by atomic mass is 19.1. The summed E-state index contributed by atoms with van der Waals surface area (Å²) in [5.74, 6) is -1.01. The lowest BCUT2D eigenvalue weighted by Crippen LogP contribution is -2.49. The average Bonchev–Trinajstić information content (AvgIpc) is 2.80. The lowest BCUT2D eigenvalue weighted by atomic mass is 9.82. The number of rotatable bonds is 5. The Morgan fingerprint density at radius 1 is 1.24 bits per heavy atom. The van der Waals surface area contributed by atoms with Crippen molar-refractivity contribution in [1.29, 1.82) is 0 Å². The number of hydrogen-bond acceptors (Lipinski definition) is 3. The minimum atomic E-state index is -0.808. The second-order valence-electron chi connectivity index (χ2n) is 6.69. The second kappa shape index (κ2) is 7.21. The topological polar surface area (TPSA) is 78.5 Å². The molecule has 2 fully saturated rings. The molecule has 1 aliphatic carbocycles. The molecule has 7 heteroatoms. The summed E-state index contributed by atoms with van der Waals surface area (Å²) in [7, 11) is 0. The molecule has 1 saturated heterocycles. The minimum absolute atomic E-state index is 0.282. The molecule has 3 rings (SSSR count). The van der Waals surface area contributed by atoms with Crippen molar-refractivity contribution < 1.29 is 18.8 Å². The first-order valence-electron chi connectivity index (χ1n) is 8.65. The van der Waals surface area contributed by atoms with Crippen molar-refractivity contribution in [3.63, 3.8) is 0 Å². The monoisotopic (exact) mass is 347 g/mol. The third-order valence-electron chi connectivity index (χ3n) is 4.88. The van der Waals surface area contributed by atoms with E-state index in [2.05, 4.69) is 10.6 Å². The Hall–Kier alpha value is -2.44. The largest absolute Gasteiger partial charge is 0.354 e. The summed E-state index contributed by atoms with van der Waals surface area (Å²) < 4.78 is 13.1. The number of carbonyl (C=O) groups excluding carboxylic acids is 3. The Labute approximate surface area is 145 Å². The summed E-state index contributed by atoms with van der Waals surface area (Å²) in [6.07, 6.45) is 4.61. The Balaban J connectivity index is 1.50. The Morgan fingerprint density at radius 2 is 2.00 bits per heavy atom. The van der Waals surface area contributed by atoms with Gasteiger partial charge in [0, 0.05) is 6.54 Å². The molecule has 0 unspecified atom stereocenters. The zero-order valence-corrected chi connectivity index (χ0v) is 14.0. The number of urea groups is 1. The molecule has 6 nitrogen and oxygen atoms in total. The van der Waals surface area contributed by atoms with Gasteiger partial charge in [-0.2, -0.15) is 0 Å². The van der Waals surface area contributed by atoms with Gasteiger partial charge in [0.1, 0.15) is 17.9 Å². The van der Waals surface area contributed by atoms with Crippen LogP contribution in [-0.4, -0.2) is 41.4 Å². The van der Waals surface area contributed by atoms with Gasteiger partial charge in [0.05, 0.1) is 0 Å². The van der Waals surface area contributed by atoms with Gasteiger partial charge in [0.2, 0.25) is 5.91 Å². The molecule has 25 heavy (non-hydrogen) atoms. The highest BCUT2D eigenvalue weighted by molar-refractivity contribution is 6.09. The van der Waals surface area contributed by atoms with E-state index < -0.39 is 17.5 Å². The second-order valence-corrected chi connectivity index (χ2v) is 6.69. The third kappa shape index (κ3) is 3.81. The number of benzene rings is 1. The first-order valence-corrected chi connectivity index (χ1v) is 8.65. The van der Waals surface area contributed by atoms with Gasteiger partial charge in [0.25, 0.3) is 5.91 Å². The molecular weight excluding hydrogens is 325 g/mol. The molecule has 4 amide bonds. The van der Waals surface area contributed by atoms with Crippen LogP contribution in [0.4, 0.5) is 9.18 Å². The van der Waals surface area contributed by atoms with E-state index in [4.69, 9.17) is 0 Å². The maximum Gasteiger partial charge on any atom is 0.325 e. The van der Waals surface area contributed by atoms with Gasteiger partial charge in [-0.25, -0.2) is 9.18 Å². The summed E-state index contributed by atoms with van der Waals surface area (Å²) in [5.41, 5.74) is -0.0339. The molecular formula is C18H22FN3O3. The van der Waals surface area contributed by atoms with Crippen LogP contribution in [0.1, 0.15) is 37.7 Å². The zero-order chi connectivity index (χ0) is 17.9. The van der Waals surface area contributed by atoms with E-state index in [0.717, 1.165) is 29.7 Å². The fraction of sp³-hybridized carbons (Fsp3) is 0.500. The molecule has 1 aromatic carbocycles. The maximum atomic E-state index is 13.1. The van der Waals surface area contributed by atoms with Gasteiger partial charge >= 0.3 is 6.03 Å². The van der Waals surface area contributed by atoms with Gasteiger partial charge in [-0.05, 0) is 37.0 Å². The van der Waals surface area contributed by atoms with Crippen LogP contribution in [0.3, 0.4) is 0 Å². The number of nitrogens with one attached hydrogen (secondary N) is 2. The first kappa shape index (κ1) is 17.4. The van der Waals surface area contributed by atoms with Crippen molar-refractivity contribution in [1.82, 2.24) is 15.5 Å². The molecule has 0 bridgehead atoms. The summed E-state index contributed by atoms with van der Waals surface area (Å²) in [6, 6.07) is 5.67. The minimum Gasteiger partial charge on any atom is -0.354 e. The Kier molecular flexibility index (Phi) is 5.01. The van der Waals surface area contributed by atoms with Crippen LogP contribution in [0.25, 0.3) is 0 Å². The summed E-state index contributed by atoms with van der Waals surface area (Å²) >= 11 is 0. The Morgan fingerprint density at radius 3 is 2.72 bits per heavy atom. The van der Waals surface area contributed by atoms with E-state index in [9.17, 15) is 18.8 Å². The normalized spacial score (nSPS) is 19.2. The molecule has 2 aliphatic rings. The summed E-state index contributed by atoms with van der Waals surface area (Å²) in [5, 5.41) is 5.45. The van der Waals surface area contributed by atoms with E-state index >= 15 is 0 Å². The number of carbonyl (C=O) groups is 3. The van der Waals surface area contributed by atoms with Crippen LogP contribution in [0.15, 0.2) is 24.3 Å². The number of hydrogen-bond donors (Lipinski definition) is 2. The highest BCUT2D eigenvalue weighted by Gasteiger charge is 2.51. The van der Waals surface area contributed by atoms with Crippen LogP contribution < -0.4 is 10.6 Å². The van der Waals surface area contributed by atoms with Crippen molar-refractivity contribution >= 4 is 17.8 Å².